The van der Waals surface area contributed by atoms with Crippen LogP contribution in [0, 0.1) is 13.7 Å². The van der Waals surface area contributed by atoms with Crippen molar-refractivity contribution in [3.63, 3.8) is 0 Å². The van der Waals surface area contributed by atoms with Crippen molar-refractivity contribution in [1.29, 1.82) is 0 Å². The second kappa shape index (κ2) is 14.0. The van der Waals surface area contributed by atoms with E-state index in [1.165, 1.54) is 13.0 Å². The minimum absolute atomic E-state index is 0.00680. The summed E-state index contributed by atoms with van der Waals surface area (Å²) in [5.41, 5.74) is 1.03. The van der Waals surface area contributed by atoms with E-state index in [2.05, 4.69) is 88.0 Å². The van der Waals surface area contributed by atoms with Crippen molar-refractivity contribution in [2.75, 3.05) is 11.9 Å². The van der Waals surface area contributed by atoms with Crippen LogP contribution in [0.3, 0.4) is 0 Å². The quantitative estimate of drug-likeness (QED) is 0.0869. The minimum Gasteiger partial charge on any atom is -0.468 e. The van der Waals surface area contributed by atoms with Gasteiger partial charge in [0.05, 0.1) is 29.5 Å². The van der Waals surface area contributed by atoms with Crippen molar-refractivity contribution >= 4 is 67.9 Å². The maximum absolute atomic E-state index is 12.1. The number of rotatable bonds is 11. The molecule has 1 aliphatic rings. The van der Waals surface area contributed by atoms with Gasteiger partial charge in [0.1, 0.15) is 18.4 Å². The normalized spacial score (nSPS) is 19.8. The second-order valence-corrected chi connectivity index (χ2v) is 26.2. The zero-order valence-electron chi connectivity index (χ0n) is 30.0. The van der Waals surface area contributed by atoms with Crippen LogP contribution in [0.1, 0.15) is 79.7 Å². The Morgan fingerprint density at radius 3 is 2.38 bits per heavy atom. The highest BCUT2D eigenvalue weighted by Gasteiger charge is 2.47. The van der Waals surface area contributed by atoms with Gasteiger partial charge in [-0.05, 0) is 77.9 Å². The average Bonchev–Trinajstić information content (AvgIpc) is 3.53. The number of nitro groups is 1. The molecule has 1 saturated heterocycles. The predicted octanol–water partition coefficient (Wildman–Crippen LogP) is 8.14. The van der Waals surface area contributed by atoms with E-state index < -0.39 is 33.9 Å². The molecule has 0 spiro atoms. The molecule has 13 nitrogen and oxygen atoms in total. The van der Waals surface area contributed by atoms with Crippen LogP contribution in [0.5, 0.6) is 5.88 Å². The van der Waals surface area contributed by atoms with E-state index in [1.807, 2.05) is 27.2 Å². The third-order valence-electron chi connectivity index (χ3n) is 9.75. The Kier molecular flexibility index (Phi) is 11.2. The molecule has 3 aromatic rings. The molecular weight excluding hydrogens is 763 g/mol. The van der Waals surface area contributed by atoms with Crippen molar-refractivity contribution < 1.29 is 28.0 Å². The molecule has 2 unspecified atom stereocenters. The number of aromatic nitrogens is 4. The molecule has 1 fully saturated rings. The number of nitro benzene ring substituents is 1. The first-order chi connectivity index (χ1) is 22.0. The van der Waals surface area contributed by atoms with Gasteiger partial charge in [-0.15, -0.1) is 0 Å². The number of fused-ring (bicyclic) bond motifs is 1. The monoisotopic (exact) mass is 812 g/mol. The van der Waals surface area contributed by atoms with E-state index in [9.17, 15) is 14.9 Å². The van der Waals surface area contributed by atoms with E-state index in [0.29, 0.717) is 29.8 Å². The zero-order chi connectivity index (χ0) is 36.0. The number of amides is 1. The summed E-state index contributed by atoms with van der Waals surface area (Å²) in [6.07, 6.45) is 0.326. The molecule has 264 valence electrons. The van der Waals surface area contributed by atoms with Gasteiger partial charge in [-0.3, -0.25) is 24.8 Å². The van der Waals surface area contributed by atoms with Crippen LogP contribution in [-0.4, -0.2) is 65.8 Å². The molecule has 0 radical (unpaired) electrons. The molecule has 2 aromatic heterocycles. The van der Waals surface area contributed by atoms with Crippen LogP contribution >= 0.6 is 22.6 Å². The lowest BCUT2D eigenvalue weighted by atomic mass is 10.1. The molecule has 1 aromatic carbocycles. The molecule has 1 amide bonds. The number of carbonyl (C=O) groups excluding carboxylic acids is 1. The summed E-state index contributed by atoms with van der Waals surface area (Å²) in [4.78, 5) is 37.2. The summed E-state index contributed by atoms with van der Waals surface area (Å²) < 4.78 is 29.1. The fraction of sp³-hybridized carbons (Fsp3) is 0.625. The Morgan fingerprint density at radius 2 is 1.79 bits per heavy atom. The highest BCUT2D eigenvalue weighted by Crippen LogP contribution is 2.43. The van der Waals surface area contributed by atoms with Crippen LogP contribution in [0.25, 0.3) is 11.2 Å². The Balaban J connectivity index is 1.73. The van der Waals surface area contributed by atoms with Crippen LogP contribution < -0.4 is 10.1 Å². The molecule has 0 bridgehead atoms. The third-order valence-corrected chi connectivity index (χ3v) is 19.4. The van der Waals surface area contributed by atoms with E-state index in [1.54, 1.807) is 25.4 Å². The molecule has 3 heterocycles. The average molecular weight is 813 g/mol. The number of hydrogen-bond acceptors (Lipinski definition) is 10. The van der Waals surface area contributed by atoms with Gasteiger partial charge in [0.25, 0.3) is 5.69 Å². The van der Waals surface area contributed by atoms with E-state index in [0.717, 1.165) is 3.57 Å². The fourth-order valence-electron chi connectivity index (χ4n) is 4.85. The maximum atomic E-state index is 12.1. The number of halogens is 1. The molecule has 0 saturated carbocycles. The van der Waals surface area contributed by atoms with E-state index in [4.69, 9.17) is 18.3 Å². The standard InChI is InChI=1S/C32H49IN6O7Si2/c1-19(22-14-13-21(33)15-23(22)39(41)42)44-29-27-28(36-30(37-29)35-20(2)40)38(18-34-27)26-16-24(46-48(11,12)32(6,7)8)25(45-26)17-43-47(9,10)31(3,4)5/h13-15,18-19,24-26H,16-17H2,1-12H3,(H,35,36,37,40)/t19?,24?,25-,26-/m1/s1. The van der Waals surface area contributed by atoms with Crippen LogP contribution in [-0.2, 0) is 18.4 Å². The Morgan fingerprint density at radius 1 is 1.15 bits per heavy atom. The molecule has 48 heavy (non-hydrogen) atoms. The fourth-order valence-corrected chi connectivity index (χ4v) is 7.70. The highest BCUT2D eigenvalue weighted by molar-refractivity contribution is 14.1. The first kappa shape index (κ1) is 38.3. The third kappa shape index (κ3) is 8.43. The number of hydrogen-bond donors (Lipinski definition) is 1. The number of imidazole rings is 1. The number of ether oxygens (including phenoxy) is 2. The topological polar surface area (TPSA) is 153 Å². The van der Waals surface area contributed by atoms with Gasteiger partial charge < -0.3 is 18.3 Å². The molecule has 1 N–H and O–H groups in total. The predicted molar refractivity (Wildman–Crippen MR) is 198 cm³/mol. The van der Waals surface area contributed by atoms with Gasteiger partial charge in [0, 0.05) is 23.0 Å². The van der Waals surface area contributed by atoms with Gasteiger partial charge in [0.2, 0.25) is 17.7 Å². The number of carbonyl (C=O) groups is 1. The SMILES string of the molecule is CC(=O)Nc1nc(OC(C)c2ccc(I)cc2[N+](=O)[O-])c2ncn([C@H]3CC(O[Si](C)(C)C(C)(C)C)[C@@H](CO[Si](C)(C)C(C)(C)C)O3)c2n1. The second-order valence-electron chi connectivity index (χ2n) is 15.4. The molecule has 4 atom stereocenters. The summed E-state index contributed by atoms with van der Waals surface area (Å²) >= 11 is 2.03. The van der Waals surface area contributed by atoms with Crippen LogP contribution in [0.15, 0.2) is 24.5 Å². The lowest BCUT2D eigenvalue weighted by Gasteiger charge is -2.40. The molecule has 0 aliphatic carbocycles. The Bertz CT molecular complexity index is 1670. The van der Waals surface area contributed by atoms with Gasteiger partial charge >= 0.3 is 0 Å². The summed E-state index contributed by atoms with van der Waals surface area (Å²) in [5, 5.41) is 14.5. The zero-order valence-corrected chi connectivity index (χ0v) is 34.2. The first-order valence-corrected chi connectivity index (χ1v) is 23.0. The summed E-state index contributed by atoms with van der Waals surface area (Å²) in [6.45, 7) is 25.6. The number of benzene rings is 1. The van der Waals surface area contributed by atoms with Crippen molar-refractivity contribution in [3.8, 4) is 5.88 Å². The minimum atomic E-state index is -2.19. The highest BCUT2D eigenvalue weighted by atomic mass is 127. The van der Waals surface area contributed by atoms with Gasteiger partial charge in [-0.25, -0.2) is 4.98 Å². The summed E-state index contributed by atoms with van der Waals surface area (Å²) in [6, 6.07) is 4.94. The van der Waals surface area contributed by atoms with Gasteiger partial charge in [0.15, 0.2) is 27.8 Å². The summed E-state index contributed by atoms with van der Waals surface area (Å²) in [5.74, 6) is -0.274. The first-order valence-electron chi connectivity index (χ1n) is 16.1. The van der Waals surface area contributed by atoms with Crippen LogP contribution in [0.4, 0.5) is 11.6 Å². The van der Waals surface area contributed by atoms with E-state index in [-0.39, 0.29) is 45.7 Å². The molecule has 1 aliphatic heterocycles. The van der Waals surface area contributed by atoms with Crippen molar-refractivity contribution in [2.24, 2.45) is 0 Å². The van der Waals surface area contributed by atoms with Crippen molar-refractivity contribution in [1.82, 2.24) is 19.5 Å². The van der Waals surface area contributed by atoms with E-state index >= 15 is 0 Å². The smallest absolute Gasteiger partial charge is 0.277 e. The molecular formula is C32H49IN6O7Si2. The number of nitrogens with one attached hydrogen (secondary N) is 1. The lowest BCUT2D eigenvalue weighted by molar-refractivity contribution is -0.386. The molecule has 4 rings (SSSR count). The van der Waals surface area contributed by atoms with Crippen molar-refractivity contribution in [2.45, 2.75) is 123 Å². The number of nitrogens with zero attached hydrogens (tertiary/aromatic N) is 5. The van der Waals surface area contributed by atoms with Gasteiger partial charge in [-0.1, -0.05) is 41.5 Å². The largest absolute Gasteiger partial charge is 0.468 e. The molecule has 16 heteroatoms. The Labute approximate surface area is 298 Å². The number of anilines is 1. The maximum Gasteiger partial charge on any atom is 0.277 e. The Hall–Kier alpha value is -2.52. The van der Waals surface area contributed by atoms with Crippen LogP contribution in [0.2, 0.25) is 36.3 Å². The lowest BCUT2D eigenvalue weighted by Crippen LogP contribution is -2.48. The van der Waals surface area contributed by atoms with Crippen molar-refractivity contribution in [3.05, 3.63) is 43.8 Å². The summed E-state index contributed by atoms with van der Waals surface area (Å²) in [7, 11) is -4.27. The van der Waals surface area contributed by atoms with Gasteiger partial charge in [-0.2, -0.15) is 9.97 Å².